The summed E-state index contributed by atoms with van der Waals surface area (Å²) in [6.07, 6.45) is 2.38. The minimum Gasteiger partial charge on any atom is -0.496 e. The molecule has 0 aromatic heterocycles. The Balaban J connectivity index is 2.14. The summed E-state index contributed by atoms with van der Waals surface area (Å²) in [7, 11) is 1.65. The van der Waals surface area contributed by atoms with Crippen LogP contribution in [0.1, 0.15) is 25.3 Å². The van der Waals surface area contributed by atoms with Crippen LogP contribution >= 0.6 is 15.9 Å². The van der Waals surface area contributed by atoms with E-state index in [1.54, 1.807) is 7.11 Å². The second kappa shape index (κ2) is 4.69. The minimum absolute atomic E-state index is 0.106. The average Bonchev–Trinajstić information content (AvgIpc) is 2.58. The first-order valence-electron chi connectivity index (χ1n) is 5.66. The fourth-order valence-electron chi connectivity index (χ4n) is 2.25. The van der Waals surface area contributed by atoms with Crippen molar-refractivity contribution in [3.05, 3.63) is 28.2 Å². The topological polar surface area (TPSA) is 38.3 Å². The first-order valence-corrected chi connectivity index (χ1v) is 6.45. The van der Waals surface area contributed by atoms with Crippen molar-refractivity contribution in [3.63, 3.8) is 0 Å². The van der Waals surface area contributed by atoms with E-state index in [4.69, 9.17) is 4.74 Å². The van der Waals surface area contributed by atoms with Gasteiger partial charge in [0.2, 0.25) is 5.91 Å². The molecule has 0 saturated carbocycles. The van der Waals surface area contributed by atoms with Gasteiger partial charge < -0.3 is 10.1 Å². The number of carbonyl (C=O) groups is 1. The maximum Gasteiger partial charge on any atom is 0.220 e. The SMILES string of the molecule is COc1ccc(CC2(C)CCC(=O)N2)cc1Br. The average molecular weight is 298 g/mol. The summed E-state index contributed by atoms with van der Waals surface area (Å²) in [6, 6.07) is 6.04. The Morgan fingerprint density at radius 1 is 1.53 bits per heavy atom. The number of hydrogen-bond acceptors (Lipinski definition) is 2. The molecule has 1 aromatic carbocycles. The van der Waals surface area contributed by atoms with Crippen molar-refractivity contribution in [1.82, 2.24) is 5.32 Å². The predicted molar refractivity (Wildman–Crippen MR) is 70.2 cm³/mol. The molecule has 0 bridgehead atoms. The lowest BCUT2D eigenvalue weighted by Gasteiger charge is -2.24. The molecular formula is C13H16BrNO2. The molecular weight excluding hydrogens is 282 g/mol. The highest BCUT2D eigenvalue weighted by Crippen LogP contribution is 2.29. The fourth-order valence-corrected chi connectivity index (χ4v) is 2.84. The number of nitrogens with one attached hydrogen (secondary N) is 1. The zero-order valence-electron chi connectivity index (χ0n) is 10.0. The molecule has 1 amide bonds. The van der Waals surface area contributed by atoms with E-state index in [0.29, 0.717) is 6.42 Å². The number of methoxy groups -OCH3 is 1. The Bertz CT molecular complexity index is 447. The van der Waals surface area contributed by atoms with E-state index in [1.807, 2.05) is 12.1 Å². The quantitative estimate of drug-likeness (QED) is 0.931. The summed E-state index contributed by atoms with van der Waals surface area (Å²) in [5.41, 5.74) is 1.09. The second-order valence-electron chi connectivity index (χ2n) is 4.75. The van der Waals surface area contributed by atoms with Gasteiger partial charge >= 0.3 is 0 Å². The van der Waals surface area contributed by atoms with Gasteiger partial charge in [-0.05, 0) is 53.4 Å². The number of carbonyl (C=O) groups excluding carboxylic acids is 1. The lowest BCUT2D eigenvalue weighted by Crippen LogP contribution is -2.40. The molecule has 1 heterocycles. The van der Waals surface area contributed by atoms with Crippen molar-refractivity contribution >= 4 is 21.8 Å². The van der Waals surface area contributed by atoms with Crippen molar-refractivity contribution < 1.29 is 9.53 Å². The molecule has 1 atom stereocenters. The molecule has 0 spiro atoms. The van der Waals surface area contributed by atoms with Crippen molar-refractivity contribution in [3.8, 4) is 5.75 Å². The van der Waals surface area contributed by atoms with E-state index in [2.05, 4.69) is 34.2 Å². The van der Waals surface area contributed by atoms with Gasteiger partial charge in [-0.2, -0.15) is 0 Å². The molecule has 17 heavy (non-hydrogen) atoms. The third-order valence-electron chi connectivity index (χ3n) is 3.16. The molecule has 1 aromatic rings. The maximum absolute atomic E-state index is 11.3. The highest BCUT2D eigenvalue weighted by atomic mass is 79.9. The number of amides is 1. The third-order valence-corrected chi connectivity index (χ3v) is 3.78. The summed E-state index contributed by atoms with van der Waals surface area (Å²) < 4.78 is 6.14. The van der Waals surface area contributed by atoms with E-state index in [1.165, 1.54) is 5.56 Å². The van der Waals surface area contributed by atoms with Crippen LogP contribution in [0.4, 0.5) is 0 Å². The van der Waals surface area contributed by atoms with Crippen molar-refractivity contribution in [2.45, 2.75) is 31.7 Å². The van der Waals surface area contributed by atoms with Crippen molar-refractivity contribution in [1.29, 1.82) is 0 Å². The Morgan fingerprint density at radius 3 is 2.82 bits per heavy atom. The minimum atomic E-state index is -0.106. The molecule has 2 rings (SSSR count). The number of benzene rings is 1. The standard InChI is InChI=1S/C13H16BrNO2/c1-13(6-5-12(16)15-13)8-9-3-4-11(17-2)10(14)7-9/h3-4,7H,5-6,8H2,1-2H3,(H,15,16). The summed E-state index contributed by atoms with van der Waals surface area (Å²) in [6.45, 7) is 2.09. The van der Waals surface area contributed by atoms with Gasteiger partial charge in [0.05, 0.1) is 11.6 Å². The number of ether oxygens (including phenoxy) is 1. The lowest BCUT2D eigenvalue weighted by molar-refractivity contribution is -0.119. The number of halogens is 1. The normalized spacial score (nSPS) is 23.6. The van der Waals surface area contributed by atoms with Gasteiger partial charge in [-0.25, -0.2) is 0 Å². The van der Waals surface area contributed by atoms with Gasteiger partial charge in [-0.3, -0.25) is 4.79 Å². The molecule has 1 unspecified atom stereocenters. The zero-order chi connectivity index (χ0) is 12.5. The van der Waals surface area contributed by atoms with Gasteiger partial charge in [-0.1, -0.05) is 6.07 Å². The van der Waals surface area contributed by atoms with Gasteiger partial charge in [0.1, 0.15) is 5.75 Å². The Morgan fingerprint density at radius 2 is 2.29 bits per heavy atom. The van der Waals surface area contributed by atoms with E-state index >= 15 is 0 Å². The van der Waals surface area contributed by atoms with Crippen LogP contribution in [0.15, 0.2) is 22.7 Å². The maximum atomic E-state index is 11.3. The molecule has 1 aliphatic rings. The van der Waals surface area contributed by atoms with E-state index in [0.717, 1.165) is 23.1 Å². The van der Waals surface area contributed by atoms with Crippen LogP contribution in [0.25, 0.3) is 0 Å². The van der Waals surface area contributed by atoms with Crippen LogP contribution in [0.3, 0.4) is 0 Å². The first-order chi connectivity index (χ1) is 8.02. The van der Waals surface area contributed by atoms with Crippen molar-refractivity contribution in [2.75, 3.05) is 7.11 Å². The zero-order valence-corrected chi connectivity index (χ0v) is 11.6. The molecule has 1 saturated heterocycles. The number of hydrogen-bond donors (Lipinski definition) is 1. The molecule has 4 heteroatoms. The van der Waals surface area contributed by atoms with Crippen molar-refractivity contribution in [2.24, 2.45) is 0 Å². The first kappa shape index (κ1) is 12.4. The summed E-state index contributed by atoms with van der Waals surface area (Å²) in [4.78, 5) is 11.3. The summed E-state index contributed by atoms with van der Waals surface area (Å²) in [5.74, 6) is 0.981. The molecule has 92 valence electrons. The monoisotopic (exact) mass is 297 g/mol. The van der Waals surface area contributed by atoms with Crippen LogP contribution in [0, 0.1) is 0 Å². The van der Waals surface area contributed by atoms with Crippen LogP contribution in [-0.2, 0) is 11.2 Å². The molecule has 1 aliphatic heterocycles. The van der Waals surface area contributed by atoms with Gasteiger partial charge in [0, 0.05) is 12.0 Å². The highest BCUT2D eigenvalue weighted by molar-refractivity contribution is 9.10. The predicted octanol–water partition coefficient (Wildman–Crippen LogP) is 2.67. The van der Waals surface area contributed by atoms with E-state index in [9.17, 15) is 4.79 Å². The smallest absolute Gasteiger partial charge is 0.220 e. The molecule has 3 nitrogen and oxygen atoms in total. The molecule has 1 fully saturated rings. The highest BCUT2D eigenvalue weighted by Gasteiger charge is 2.32. The Hall–Kier alpha value is -1.03. The van der Waals surface area contributed by atoms with Gasteiger partial charge in [0.15, 0.2) is 0 Å². The fraction of sp³-hybridized carbons (Fsp3) is 0.462. The Labute approximate surface area is 110 Å². The largest absolute Gasteiger partial charge is 0.496 e. The van der Waals surface area contributed by atoms with Crippen LogP contribution in [0.5, 0.6) is 5.75 Å². The van der Waals surface area contributed by atoms with E-state index < -0.39 is 0 Å². The summed E-state index contributed by atoms with van der Waals surface area (Å²) in [5, 5.41) is 3.04. The molecule has 0 aliphatic carbocycles. The molecule has 1 N–H and O–H groups in total. The van der Waals surface area contributed by atoms with Gasteiger partial charge in [0.25, 0.3) is 0 Å². The van der Waals surface area contributed by atoms with Gasteiger partial charge in [-0.15, -0.1) is 0 Å². The van der Waals surface area contributed by atoms with Crippen LogP contribution in [0.2, 0.25) is 0 Å². The third kappa shape index (κ3) is 2.80. The van der Waals surface area contributed by atoms with Crippen LogP contribution in [-0.4, -0.2) is 18.6 Å². The summed E-state index contributed by atoms with van der Waals surface area (Å²) >= 11 is 3.47. The number of rotatable bonds is 3. The molecule has 0 radical (unpaired) electrons. The lowest BCUT2D eigenvalue weighted by atomic mass is 9.91. The van der Waals surface area contributed by atoms with E-state index in [-0.39, 0.29) is 11.4 Å². The Kier molecular flexibility index (Phi) is 3.43. The van der Waals surface area contributed by atoms with Crippen LogP contribution < -0.4 is 10.1 Å². The second-order valence-corrected chi connectivity index (χ2v) is 5.61.